The summed E-state index contributed by atoms with van der Waals surface area (Å²) in [6.07, 6.45) is 1.40. The molecule has 0 fully saturated rings. The molecule has 0 saturated heterocycles. The van der Waals surface area contributed by atoms with Crippen LogP contribution in [0.5, 0.6) is 11.5 Å². The second-order valence-electron chi connectivity index (χ2n) is 7.12. The summed E-state index contributed by atoms with van der Waals surface area (Å²) >= 11 is 0. The van der Waals surface area contributed by atoms with Crippen LogP contribution in [0.2, 0.25) is 0 Å². The summed E-state index contributed by atoms with van der Waals surface area (Å²) in [4.78, 5) is 32.7. The van der Waals surface area contributed by atoms with Crippen molar-refractivity contribution in [3.63, 3.8) is 0 Å². The molecule has 2 aromatic carbocycles. The zero-order chi connectivity index (χ0) is 21.6. The smallest absolute Gasteiger partial charge is 0.277 e. The second kappa shape index (κ2) is 7.02. The Hall–Kier alpha value is -4.07. The third kappa shape index (κ3) is 2.58. The standard InChI is InChI=1S/C23H18N2O6/c1-28-17-10-5-7-13(21(17)29-2)19-18(20(26)16-11-6-12-30-16)23(31-25-19)14-8-3-4-9-15(14)24-22(23)27/h3-12,18H,1-2H3,(H,24,27)/t18-,23+/m1/s1. The van der Waals surface area contributed by atoms with Gasteiger partial charge in [0.15, 0.2) is 17.3 Å². The highest BCUT2D eigenvalue weighted by Crippen LogP contribution is 2.50. The number of para-hydroxylation sites is 2. The Kier molecular flexibility index (Phi) is 4.28. The van der Waals surface area contributed by atoms with E-state index < -0.39 is 23.2 Å². The largest absolute Gasteiger partial charge is 0.493 e. The number of fused-ring (bicyclic) bond motifs is 2. The van der Waals surface area contributed by atoms with Crippen LogP contribution in [0, 0.1) is 5.92 Å². The molecule has 1 aromatic heterocycles. The summed E-state index contributed by atoms with van der Waals surface area (Å²) in [6, 6.07) is 15.5. The molecule has 156 valence electrons. The first-order valence-electron chi connectivity index (χ1n) is 9.58. The second-order valence-corrected chi connectivity index (χ2v) is 7.12. The monoisotopic (exact) mass is 418 g/mol. The predicted octanol–water partition coefficient (Wildman–Crippen LogP) is 3.38. The van der Waals surface area contributed by atoms with Gasteiger partial charge >= 0.3 is 0 Å². The first kappa shape index (κ1) is 18.9. The van der Waals surface area contributed by atoms with Gasteiger partial charge in [0, 0.05) is 16.8 Å². The molecule has 5 rings (SSSR count). The molecule has 8 heteroatoms. The Morgan fingerprint density at radius 3 is 2.65 bits per heavy atom. The van der Waals surface area contributed by atoms with Crippen LogP contribution in [0.4, 0.5) is 5.69 Å². The Labute approximate surface area is 177 Å². The van der Waals surface area contributed by atoms with Gasteiger partial charge in [0.05, 0.1) is 20.5 Å². The van der Waals surface area contributed by atoms with Crippen molar-refractivity contribution in [1.29, 1.82) is 0 Å². The van der Waals surface area contributed by atoms with E-state index in [2.05, 4.69) is 10.5 Å². The maximum Gasteiger partial charge on any atom is 0.277 e. The minimum atomic E-state index is -1.66. The van der Waals surface area contributed by atoms with E-state index >= 15 is 0 Å². The molecule has 2 atom stereocenters. The minimum Gasteiger partial charge on any atom is -0.493 e. The zero-order valence-electron chi connectivity index (χ0n) is 16.7. The lowest BCUT2D eigenvalue weighted by Gasteiger charge is -2.26. The van der Waals surface area contributed by atoms with Crippen LogP contribution in [-0.4, -0.2) is 31.6 Å². The molecule has 3 heterocycles. The molecule has 8 nitrogen and oxygen atoms in total. The van der Waals surface area contributed by atoms with Crippen LogP contribution >= 0.6 is 0 Å². The van der Waals surface area contributed by atoms with E-state index in [1.807, 2.05) is 0 Å². The average molecular weight is 418 g/mol. The van der Waals surface area contributed by atoms with Crippen molar-refractivity contribution < 1.29 is 28.3 Å². The lowest BCUT2D eigenvalue weighted by atomic mass is 9.75. The van der Waals surface area contributed by atoms with Crippen molar-refractivity contribution in [1.82, 2.24) is 0 Å². The summed E-state index contributed by atoms with van der Waals surface area (Å²) in [7, 11) is 3.01. The van der Waals surface area contributed by atoms with E-state index in [9.17, 15) is 9.59 Å². The summed E-state index contributed by atoms with van der Waals surface area (Å²) < 4.78 is 16.3. The van der Waals surface area contributed by atoms with Crippen molar-refractivity contribution >= 4 is 23.1 Å². The summed E-state index contributed by atoms with van der Waals surface area (Å²) in [5.74, 6) is -1.07. The number of nitrogens with one attached hydrogen (secondary N) is 1. The molecule has 2 aliphatic heterocycles. The number of rotatable bonds is 5. The summed E-state index contributed by atoms with van der Waals surface area (Å²) in [5, 5.41) is 7.05. The maximum absolute atomic E-state index is 13.7. The number of ether oxygens (including phenoxy) is 2. The van der Waals surface area contributed by atoms with Gasteiger partial charge in [0.1, 0.15) is 11.6 Å². The fourth-order valence-corrected chi connectivity index (χ4v) is 4.21. The lowest BCUT2D eigenvalue weighted by Crippen LogP contribution is -2.46. The molecule has 0 radical (unpaired) electrons. The molecule has 1 N–H and O–H groups in total. The quantitative estimate of drug-likeness (QED) is 0.638. The van der Waals surface area contributed by atoms with Gasteiger partial charge in [-0.05, 0) is 30.3 Å². The van der Waals surface area contributed by atoms with Crippen LogP contribution in [0.25, 0.3) is 0 Å². The Bertz CT molecular complexity index is 1220. The number of carbonyl (C=O) groups excluding carboxylic acids is 2. The number of amides is 1. The predicted molar refractivity (Wildman–Crippen MR) is 110 cm³/mol. The first-order chi connectivity index (χ1) is 15.1. The number of Topliss-reactive ketones (excluding diaryl/α,β-unsaturated/α-hetero) is 1. The third-order valence-corrected chi connectivity index (χ3v) is 5.59. The highest BCUT2D eigenvalue weighted by molar-refractivity contribution is 6.25. The highest BCUT2D eigenvalue weighted by Gasteiger charge is 2.64. The van der Waals surface area contributed by atoms with Crippen molar-refractivity contribution in [2.75, 3.05) is 19.5 Å². The minimum absolute atomic E-state index is 0.0987. The highest BCUT2D eigenvalue weighted by atomic mass is 16.7. The van der Waals surface area contributed by atoms with Gasteiger partial charge in [-0.25, -0.2) is 0 Å². The van der Waals surface area contributed by atoms with Crippen molar-refractivity contribution in [2.45, 2.75) is 5.60 Å². The number of hydrogen-bond donors (Lipinski definition) is 1. The molecule has 0 unspecified atom stereocenters. The number of furan rings is 1. The van der Waals surface area contributed by atoms with E-state index in [-0.39, 0.29) is 11.5 Å². The lowest BCUT2D eigenvalue weighted by molar-refractivity contribution is -0.140. The zero-order valence-corrected chi connectivity index (χ0v) is 16.7. The molecule has 2 aliphatic rings. The molecule has 3 aromatic rings. The fourth-order valence-electron chi connectivity index (χ4n) is 4.21. The van der Waals surface area contributed by atoms with E-state index in [1.54, 1.807) is 54.6 Å². The number of nitrogens with zero attached hydrogens (tertiary/aromatic N) is 1. The molecule has 31 heavy (non-hydrogen) atoms. The van der Waals surface area contributed by atoms with Gasteiger partial charge in [-0.2, -0.15) is 0 Å². The molecule has 0 saturated carbocycles. The first-order valence-corrected chi connectivity index (χ1v) is 9.58. The Morgan fingerprint density at radius 1 is 1.06 bits per heavy atom. The van der Waals surface area contributed by atoms with Crippen LogP contribution in [0.3, 0.4) is 0 Å². The average Bonchev–Trinajstić information content (AvgIpc) is 3.52. The Balaban J connectivity index is 1.73. The molecular formula is C23H18N2O6. The number of anilines is 1. The number of benzene rings is 2. The van der Waals surface area contributed by atoms with Gasteiger partial charge in [-0.3, -0.25) is 9.59 Å². The maximum atomic E-state index is 13.7. The van der Waals surface area contributed by atoms with Crippen LogP contribution in [0.15, 0.2) is 70.4 Å². The topological polar surface area (TPSA) is 99.4 Å². The van der Waals surface area contributed by atoms with Crippen LogP contribution < -0.4 is 14.8 Å². The van der Waals surface area contributed by atoms with Gasteiger partial charge in [0.2, 0.25) is 5.78 Å². The van der Waals surface area contributed by atoms with Crippen molar-refractivity contribution in [2.24, 2.45) is 11.1 Å². The molecule has 0 bridgehead atoms. The van der Waals surface area contributed by atoms with Gasteiger partial charge in [-0.15, -0.1) is 0 Å². The van der Waals surface area contributed by atoms with Crippen molar-refractivity contribution in [3.05, 3.63) is 77.7 Å². The third-order valence-electron chi connectivity index (χ3n) is 5.59. The molecule has 1 amide bonds. The number of carbonyl (C=O) groups is 2. The number of ketones is 1. The summed E-state index contributed by atoms with van der Waals surface area (Å²) in [6.45, 7) is 0. The SMILES string of the molecule is COc1cccc(C2=NO[C@]3(C(=O)Nc4ccccc43)[C@H]2C(=O)c2ccco2)c1OC. The van der Waals surface area contributed by atoms with Gasteiger partial charge in [0.25, 0.3) is 11.5 Å². The molecule has 0 aliphatic carbocycles. The Morgan fingerprint density at radius 2 is 1.90 bits per heavy atom. The number of hydrogen-bond acceptors (Lipinski definition) is 7. The van der Waals surface area contributed by atoms with E-state index in [4.69, 9.17) is 18.7 Å². The van der Waals surface area contributed by atoms with E-state index in [0.29, 0.717) is 28.3 Å². The molecule has 1 spiro atoms. The normalized spacial score (nSPS) is 21.3. The van der Waals surface area contributed by atoms with Gasteiger partial charge < -0.3 is 24.0 Å². The van der Waals surface area contributed by atoms with Crippen LogP contribution in [-0.2, 0) is 15.2 Å². The van der Waals surface area contributed by atoms with E-state index in [1.165, 1.54) is 20.5 Å². The molecular weight excluding hydrogens is 400 g/mol. The summed E-state index contributed by atoms with van der Waals surface area (Å²) in [5.41, 5.74) is 0.179. The number of oxime groups is 1. The fraction of sp³-hybridized carbons (Fsp3) is 0.174. The van der Waals surface area contributed by atoms with Gasteiger partial charge in [-0.1, -0.05) is 29.4 Å². The number of methoxy groups -OCH3 is 2. The van der Waals surface area contributed by atoms with Crippen LogP contribution in [0.1, 0.15) is 21.7 Å². The van der Waals surface area contributed by atoms with E-state index in [0.717, 1.165) is 0 Å². The van der Waals surface area contributed by atoms with Crippen molar-refractivity contribution in [3.8, 4) is 11.5 Å².